The van der Waals surface area contributed by atoms with Crippen LogP contribution >= 0.6 is 26.9 Å². The third-order valence-electron chi connectivity index (χ3n) is 0.100. The highest BCUT2D eigenvalue weighted by Crippen LogP contribution is 2.14. The van der Waals surface area contributed by atoms with E-state index in [4.69, 9.17) is 0 Å². The van der Waals surface area contributed by atoms with E-state index in [1.807, 2.05) is 0 Å². The maximum Gasteiger partial charge on any atom is 0.131 e. The molecule has 0 atom stereocenters. The van der Waals surface area contributed by atoms with Gasteiger partial charge >= 0.3 is 0 Å². The first kappa shape index (κ1) is 5.63. The molecule has 0 aliphatic carbocycles. The number of hydrogen-bond acceptors (Lipinski definition) is 2. The fraction of sp³-hybridized carbons (Fsp3) is 0. The number of rotatable bonds is 2. The molecule has 0 saturated heterocycles. The summed E-state index contributed by atoms with van der Waals surface area (Å²) in [7, 11) is 6.00. The average molecular weight is 124 g/mol. The van der Waals surface area contributed by atoms with Gasteiger partial charge in [-0.05, 0) is 18.1 Å². The predicted octanol–water partition coefficient (Wildman–Crippen LogP) is 2.15. The van der Waals surface area contributed by atoms with E-state index >= 15 is 0 Å². The minimum absolute atomic E-state index is 0.275. The van der Waals surface area contributed by atoms with Gasteiger partial charge in [-0.15, -0.1) is 0 Å². The van der Waals surface area contributed by atoms with Crippen molar-refractivity contribution in [2.75, 3.05) is 0 Å². The minimum Gasteiger partial charge on any atom is -0.227 e. The second-order valence-electron chi connectivity index (χ2n) is 0.324. The summed E-state index contributed by atoms with van der Waals surface area (Å²) in [6.45, 7) is 0. The topological polar surface area (TPSA) is 24.7 Å². The van der Waals surface area contributed by atoms with E-state index in [2.05, 4.69) is 27.1 Å². The lowest BCUT2D eigenvalue weighted by Crippen LogP contribution is -1.09. The van der Waals surface area contributed by atoms with E-state index in [1.54, 1.807) is 0 Å². The average Bonchev–Trinajstić information content (AvgIpc) is 1.41. The molecule has 0 unspecified atom stereocenters. The molecule has 0 aliphatic heterocycles. The Bertz CT molecular complexity index is 34.2. The highest BCUT2D eigenvalue weighted by Gasteiger charge is 1.53. The molecule has 0 aromatic carbocycles. The number of nitrogens with zero attached hydrogens (tertiary/aromatic N) is 2. The second kappa shape index (κ2) is 4.63. The van der Waals surface area contributed by atoms with Gasteiger partial charge in [-0.1, -0.05) is 0 Å². The number of hydrogen-bond donors (Lipinski definition) is 0. The summed E-state index contributed by atoms with van der Waals surface area (Å²) in [5, 5.41) is 0. The molecule has 2 nitrogen and oxygen atoms in total. The van der Waals surface area contributed by atoms with Crippen LogP contribution in [-0.2, 0) is 0 Å². The largest absolute Gasteiger partial charge is 0.227 e. The predicted molar refractivity (Wildman–Crippen MR) is 29.8 cm³/mol. The van der Waals surface area contributed by atoms with Crippen molar-refractivity contribution in [1.82, 2.24) is 0 Å². The molecule has 0 aromatic rings. The van der Waals surface area contributed by atoms with Gasteiger partial charge in [0.15, 0.2) is 0 Å². The van der Waals surface area contributed by atoms with Crippen LogP contribution in [0.3, 0.4) is 0 Å². The fourth-order valence-electron chi connectivity index (χ4n) is 0.0250. The molecule has 0 radical (unpaired) electrons. The second-order valence-corrected chi connectivity index (χ2v) is 2.31. The lowest BCUT2D eigenvalue weighted by atomic mass is 13.9. The van der Waals surface area contributed by atoms with Crippen LogP contribution < -0.4 is 0 Å². The Balaban J connectivity index is 2.65. The van der Waals surface area contributed by atoms with E-state index in [0.717, 1.165) is 0 Å². The lowest BCUT2D eigenvalue weighted by molar-refractivity contribution is 1.93. The summed E-state index contributed by atoms with van der Waals surface area (Å²) < 4.78 is 6.94. The molecule has 0 heterocycles. The van der Waals surface area contributed by atoms with Gasteiger partial charge in [0.05, 0.1) is 0 Å². The van der Waals surface area contributed by atoms with Gasteiger partial charge < -0.3 is 0 Å². The van der Waals surface area contributed by atoms with Crippen LogP contribution in [-0.4, -0.2) is 0 Å². The van der Waals surface area contributed by atoms with Crippen LogP contribution in [0.15, 0.2) is 9.03 Å². The van der Waals surface area contributed by atoms with Gasteiger partial charge in [-0.2, -0.15) is 0 Å². The molecular weight excluding hydrogens is 121 g/mol. The molecule has 0 amide bonds. The molecule has 0 spiro atoms. The Kier molecular flexibility index (Phi) is 5.21. The van der Waals surface area contributed by atoms with Crippen LogP contribution in [0.4, 0.5) is 0 Å². The molecule has 0 bridgehead atoms. The van der Waals surface area contributed by atoms with Crippen molar-refractivity contribution >= 4 is 26.9 Å². The van der Waals surface area contributed by atoms with E-state index in [9.17, 15) is 0 Å². The molecule has 0 rings (SSSR count). The van der Waals surface area contributed by atoms with Crippen molar-refractivity contribution in [3.8, 4) is 0 Å². The van der Waals surface area contributed by atoms with Crippen molar-refractivity contribution in [3.63, 3.8) is 0 Å². The van der Waals surface area contributed by atoms with E-state index in [0.29, 0.717) is 0 Å². The first-order chi connectivity index (χ1) is 2.41. The van der Waals surface area contributed by atoms with Crippen LogP contribution in [0.25, 0.3) is 0 Å². The molecule has 5 heteroatoms. The SMILES string of the molecule is P=NPN=P. The zero-order valence-electron chi connectivity index (χ0n) is 2.39. The molecule has 0 aliphatic rings. The molecule has 0 aromatic heterocycles. The Labute approximate surface area is 36.9 Å². The summed E-state index contributed by atoms with van der Waals surface area (Å²) >= 11 is 0. The highest BCUT2D eigenvalue weighted by atomic mass is 31.1. The van der Waals surface area contributed by atoms with Crippen LogP contribution in [0.1, 0.15) is 0 Å². The summed E-state index contributed by atoms with van der Waals surface area (Å²) in [5.74, 6) is 0. The Morgan fingerprint density at radius 3 is 1.60 bits per heavy atom. The molecule has 5 heavy (non-hydrogen) atoms. The van der Waals surface area contributed by atoms with Crippen molar-refractivity contribution < 1.29 is 0 Å². The molecule has 0 N–H and O–H groups in total. The summed E-state index contributed by atoms with van der Waals surface area (Å²) in [4.78, 5) is 0. The van der Waals surface area contributed by atoms with Crippen molar-refractivity contribution in [1.29, 1.82) is 0 Å². The molecule has 0 fully saturated rings. The smallest absolute Gasteiger partial charge is 0.131 e. The van der Waals surface area contributed by atoms with Crippen LogP contribution in [0, 0.1) is 0 Å². The minimum atomic E-state index is 0.275. The normalized spacial score (nSPS) is 8.80. The van der Waals surface area contributed by atoms with E-state index in [1.165, 1.54) is 0 Å². The Morgan fingerprint density at radius 1 is 1.20 bits per heavy atom. The summed E-state index contributed by atoms with van der Waals surface area (Å²) in [6.07, 6.45) is 0. The van der Waals surface area contributed by atoms with Gasteiger partial charge in [-0.25, -0.2) is 9.03 Å². The van der Waals surface area contributed by atoms with E-state index < -0.39 is 0 Å². The zero-order valence-corrected chi connectivity index (χ0v) is 5.39. The third-order valence-corrected chi connectivity index (χ3v) is 0.900. The lowest BCUT2D eigenvalue weighted by Gasteiger charge is -1.65. The van der Waals surface area contributed by atoms with Crippen LogP contribution in [0.5, 0.6) is 0 Å². The molecule has 28 valence electrons. The summed E-state index contributed by atoms with van der Waals surface area (Å²) in [6, 6.07) is 0. The molecular formula is H3N2P3. The fourth-order valence-corrected chi connectivity index (χ4v) is 0.675. The van der Waals surface area contributed by atoms with Gasteiger partial charge in [0.25, 0.3) is 0 Å². The van der Waals surface area contributed by atoms with Crippen molar-refractivity contribution in [3.05, 3.63) is 0 Å². The quantitative estimate of drug-likeness (QED) is 0.503. The Hall–Kier alpha value is 0.630. The maximum absolute atomic E-state index is 3.47. The maximum atomic E-state index is 3.47. The van der Waals surface area contributed by atoms with Gasteiger partial charge in [0, 0.05) is 0 Å². The zero-order chi connectivity index (χ0) is 4.12. The van der Waals surface area contributed by atoms with E-state index in [-0.39, 0.29) is 8.88 Å². The highest BCUT2D eigenvalue weighted by molar-refractivity contribution is 7.42. The van der Waals surface area contributed by atoms with Gasteiger partial charge in [-0.3, -0.25) is 0 Å². The monoisotopic (exact) mass is 124 g/mol. The molecule has 0 saturated carbocycles. The van der Waals surface area contributed by atoms with Crippen LogP contribution in [0.2, 0.25) is 0 Å². The summed E-state index contributed by atoms with van der Waals surface area (Å²) in [5.41, 5.74) is 0. The Morgan fingerprint density at radius 2 is 1.60 bits per heavy atom. The van der Waals surface area contributed by atoms with Crippen molar-refractivity contribution in [2.45, 2.75) is 0 Å². The van der Waals surface area contributed by atoms with Gasteiger partial charge in [0.2, 0.25) is 0 Å². The first-order valence-corrected chi connectivity index (χ1v) is 2.68. The third kappa shape index (κ3) is 4.63. The van der Waals surface area contributed by atoms with Gasteiger partial charge in [0.1, 0.15) is 8.88 Å². The standard InChI is InChI=1S/H3N2P3/c3-1-5-2-4/h3-5H. The first-order valence-electron chi connectivity index (χ1n) is 0.894. The van der Waals surface area contributed by atoms with Crippen molar-refractivity contribution in [2.24, 2.45) is 9.03 Å².